The number of carbonyl (C=O) groups excluding carboxylic acids is 1. The molecule has 1 N–H and O–H groups in total. The summed E-state index contributed by atoms with van der Waals surface area (Å²) < 4.78 is 15.1. The van der Waals surface area contributed by atoms with Crippen molar-refractivity contribution in [2.24, 2.45) is 5.92 Å². The van der Waals surface area contributed by atoms with Crippen LogP contribution in [-0.2, 0) is 5.54 Å². The molecule has 0 bridgehead atoms. The van der Waals surface area contributed by atoms with Gasteiger partial charge in [-0.05, 0) is 89.0 Å². The Labute approximate surface area is 180 Å². The molecule has 5 nitrogen and oxygen atoms in total. The van der Waals surface area contributed by atoms with Gasteiger partial charge in [0, 0.05) is 17.0 Å². The maximum Gasteiger partial charge on any atom is 0.326 e. The second kappa shape index (κ2) is 7.16. The zero-order valence-electron chi connectivity index (χ0n) is 18.0. The number of nitrogens with one attached hydrogen (secondary N) is 1. The molecule has 0 amide bonds. The molecule has 1 saturated carbocycles. The van der Waals surface area contributed by atoms with E-state index in [0.29, 0.717) is 5.56 Å². The van der Waals surface area contributed by atoms with Crippen LogP contribution in [-0.4, -0.2) is 38.9 Å². The number of hydrogen-bond acceptors (Lipinski definition) is 3. The molecule has 6 heteroatoms. The molecule has 3 aromatic rings. The minimum atomic E-state index is -0.318. The Morgan fingerprint density at radius 3 is 2.32 bits per heavy atom. The lowest BCUT2D eigenvalue weighted by atomic mass is 9.62. The highest BCUT2D eigenvalue weighted by Gasteiger charge is 2.54. The molecule has 0 radical (unpaired) electrons. The molecule has 0 spiro atoms. The van der Waals surface area contributed by atoms with Gasteiger partial charge in [-0.15, -0.1) is 0 Å². The number of Topliss-reactive ketones (excluding diaryl/α,β-unsaturated/α-hetero) is 1. The summed E-state index contributed by atoms with van der Waals surface area (Å²) in [4.78, 5) is 30.9. The third-order valence-electron chi connectivity index (χ3n) is 7.41. The average Bonchev–Trinajstić information content (AvgIpc) is 3.09. The molecule has 1 aliphatic carbocycles. The normalized spacial score (nSPS) is 27.3. The number of halogens is 1. The van der Waals surface area contributed by atoms with Gasteiger partial charge in [-0.2, -0.15) is 0 Å². The predicted molar refractivity (Wildman–Crippen MR) is 119 cm³/mol. The van der Waals surface area contributed by atoms with Crippen molar-refractivity contribution >= 4 is 16.8 Å². The molecule has 0 unspecified atom stereocenters. The molecule has 0 atom stereocenters. The number of hydrogen-bond donors (Lipinski definition) is 1. The van der Waals surface area contributed by atoms with Crippen molar-refractivity contribution in [2.45, 2.75) is 50.6 Å². The van der Waals surface area contributed by atoms with E-state index in [1.54, 1.807) is 12.1 Å². The molecule has 2 fully saturated rings. The second-order valence-corrected chi connectivity index (χ2v) is 9.76. The lowest BCUT2D eigenvalue weighted by molar-refractivity contribution is -0.0677. The Morgan fingerprint density at radius 2 is 1.65 bits per heavy atom. The van der Waals surface area contributed by atoms with Crippen LogP contribution in [0.25, 0.3) is 11.0 Å². The van der Waals surface area contributed by atoms with Crippen LogP contribution >= 0.6 is 0 Å². The van der Waals surface area contributed by atoms with E-state index < -0.39 is 0 Å². The first-order chi connectivity index (χ1) is 14.8. The van der Waals surface area contributed by atoms with Gasteiger partial charge in [-0.25, -0.2) is 9.18 Å². The zero-order chi connectivity index (χ0) is 21.8. The van der Waals surface area contributed by atoms with Crippen molar-refractivity contribution in [1.82, 2.24) is 14.5 Å². The number of para-hydroxylation sites is 2. The van der Waals surface area contributed by atoms with Crippen LogP contribution in [0.3, 0.4) is 0 Å². The van der Waals surface area contributed by atoms with Crippen molar-refractivity contribution < 1.29 is 9.18 Å². The standard InChI is InChI=1S/C25H28FN3O2/c1-24(15-25(2,16-24)29-21-6-4-3-5-20(21)27-23(29)31)28-13-11-18(12-14-28)22(30)17-7-9-19(26)10-8-17/h3-10,18H,11-16H2,1-2H3,(H,27,31). The maximum atomic E-state index is 13.2. The van der Waals surface area contributed by atoms with Gasteiger partial charge in [0.25, 0.3) is 0 Å². The molecule has 2 aliphatic rings. The summed E-state index contributed by atoms with van der Waals surface area (Å²) in [7, 11) is 0. The fourth-order valence-electron chi connectivity index (χ4n) is 6.09. The number of ketones is 1. The Hall–Kier alpha value is -2.73. The summed E-state index contributed by atoms with van der Waals surface area (Å²) in [6, 6.07) is 13.7. The Kier molecular flexibility index (Phi) is 4.66. The minimum absolute atomic E-state index is 0.00647. The third-order valence-corrected chi connectivity index (χ3v) is 7.41. The monoisotopic (exact) mass is 421 g/mol. The highest BCUT2D eigenvalue weighted by atomic mass is 19.1. The first-order valence-corrected chi connectivity index (χ1v) is 11.0. The van der Waals surface area contributed by atoms with Crippen LogP contribution in [0.2, 0.25) is 0 Å². The van der Waals surface area contributed by atoms with Gasteiger partial charge in [-0.1, -0.05) is 12.1 Å². The highest BCUT2D eigenvalue weighted by molar-refractivity contribution is 5.97. The van der Waals surface area contributed by atoms with Crippen LogP contribution in [0.4, 0.5) is 4.39 Å². The van der Waals surface area contributed by atoms with Crippen molar-refractivity contribution in [1.29, 1.82) is 0 Å². The quantitative estimate of drug-likeness (QED) is 0.638. The Bertz CT molecular complexity index is 1180. The molecule has 162 valence electrons. The van der Waals surface area contributed by atoms with E-state index in [-0.39, 0.29) is 34.3 Å². The van der Waals surface area contributed by atoms with Crippen LogP contribution in [0.15, 0.2) is 53.3 Å². The molecule has 1 saturated heterocycles. The summed E-state index contributed by atoms with van der Waals surface area (Å²) in [5.74, 6) is -0.205. The zero-order valence-corrected chi connectivity index (χ0v) is 18.0. The molecule has 31 heavy (non-hydrogen) atoms. The fourth-order valence-corrected chi connectivity index (χ4v) is 6.09. The van der Waals surface area contributed by atoms with Gasteiger partial charge < -0.3 is 4.98 Å². The van der Waals surface area contributed by atoms with E-state index in [4.69, 9.17) is 0 Å². The number of carbonyl (C=O) groups is 1. The SMILES string of the molecule is CC1(N2CCC(C(=O)c3ccc(F)cc3)CC2)CC(C)(n2c(=O)[nH]c3ccccc32)C1. The van der Waals surface area contributed by atoms with E-state index in [1.165, 1.54) is 12.1 Å². The summed E-state index contributed by atoms with van der Waals surface area (Å²) in [6.45, 7) is 6.18. The van der Waals surface area contributed by atoms with E-state index in [9.17, 15) is 14.0 Å². The first kappa shape index (κ1) is 20.2. The number of aromatic nitrogens is 2. The van der Waals surface area contributed by atoms with Crippen molar-refractivity contribution in [2.75, 3.05) is 13.1 Å². The van der Waals surface area contributed by atoms with Crippen LogP contribution in [0.5, 0.6) is 0 Å². The number of H-pyrrole nitrogens is 1. The predicted octanol–water partition coefficient (Wildman–Crippen LogP) is 4.33. The summed E-state index contributed by atoms with van der Waals surface area (Å²) >= 11 is 0. The number of nitrogens with zero attached hydrogens (tertiary/aromatic N) is 2. The summed E-state index contributed by atoms with van der Waals surface area (Å²) in [5.41, 5.74) is 2.20. The van der Waals surface area contributed by atoms with Gasteiger partial charge in [0.05, 0.1) is 16.6 Å². The average molecular weight is 422 g/mol. The third kappa shape index (κ3) is 3.33. The number of aromatic amines is 1. The van der Waals surface area contributed by atoms with Crippen LogP contribution < -0.4 is 5.69 Å². The summed E-state index contributed by atoms with van der Waals surface area (Å²) in [5, 5.41) is 0. The van der Waals surface area contributed by atoms with Gasteiger partial charge in [-0.3, -0.25) is 14.3 Å². The van der Waals surface area contributed by atoms with Crippen molar-refractivity contribution in [3.8, 4) is 0 Å². The lowest BCUT2D eigenvalue weighted by Gasteiger charge is -2.59. The Balaban J connectivity index is 1.27. The van der Waals surface area contributed by atoms with Crippen LogP contribution in [0, 0.1) is 11.7 Å². The molecule has 2 aromatic carbocycles. The van der Waals surface area contributed by atoms with Crippen LogP contribution in [0.1, 0.15) is 49.9 Å². The minimum Gasteiger partial charge on any atom is -0.306 e. The molecular formula is C25H28FN3O2. The van der Waals surface area contributed by atoms with Gasteiger partial charge in [0.15, 0.2) is 5.78 Å². The number of likely N-dealkylation sites (tertiary alicyclic amines) is 1. The van der Waals surface area contributed by atoms with Crippen molar-refractivity contribution in [3.05, 3.63) is 70.4 Å². The largest absolute Gasteiger partial charge is 0.326 e. The van der Waals surface area contributed by atoms with E-state index in [2.05, 4.69) is 23.7 Å². The van der Waals surface area contributed by atoms with E-state index in [0.717, 1.165) is 49.8 Å². The topological polar surface area (TPSA) is 58.1 Å². The Morgan fingerprint density at radius 1 is 1.00 bits per heavy atom. The maximum absolute atomic E-state index is 13.2. The fraction of sp³-hybridized carbons (Fsp3) is 0.440. The number of imidazole rings is 1. The van der Waals surface area contributed by atoms with E-state index >= 15 is 0 Å². The molecule has 5 rings (SSSR count). The van der Waals surface area contributed by atoms with Gasteiger partial charge in [0.2, 0.25) is 0 Å². The molecule has 1 aliphatic heterocycles. The first-order valence-electron chi connectivity index (χ1n) is 11.0. The second-order valence-electron chi connectivity index (χ2n) is 9.76. The number of rotatable bonds is 4. The number of fused-ring (bicyclic) bond motifs is 1. The molecule has 1 aromatic heterocycles. The van der Waals surface area contributed by atoms with Gasteiger partial charge >= 0.3 is 5.69 Å². The molecular weight excluding hydrogens is 393 g/mol. The smallest absolute Gasteiger partial charge is 0.306 e. The highest BCUT2D eigenvalue weighted by Crippen LogP contribution is 2.51. The number of piperidine rings is 1. The molecule has 2 heterocycles. The summed E-state index contributed by atoms with van der Waals surface area (Å²) in [6.07, 6.45) is 3.43. The van der Waals surface area contributed by atoms with E-state index in [1.807, 2.05) is 28.8 Å². The van der Waals surface area contributed by atoms with Crippen molar-refractivity contribution in [3.63, 3.8) is 0 Å². The number of benzene rings is 2. The van der Waals surface area contributed by atoms with Gasteiger partial charge in [0.1, 0.15) is 5.82 Å². The lowest BCUT2D eigenvalue weighted by Crippen LogP contribution is -2.65.